The Kier molecular flexibility index (Phi) is 5.69. The van der Waals surface area contributed by atoms with Gasteiger partial charge < -0.3 is 10.1 Å². The first-order valence-electron chi connectivity index (χ1n) is 9.78. The van der Waals surface area contributed by atoms with Crippen molar-refractivity contribution in [3.8, 4) is 11.3 Å². The van der Waals surface area contributed by atoms with Gasteiger partial charge in [0.1, 0.15) is 0 Å². The molecule has 1 aliphatic rings. The summed E-state index contributed by atoms with van der Waals surface area (Å²) in [6, 6.07) is 14.8. The summed E-state index contributed by atoms with van der Waals surface area (Å²) in [4.78, 5) is 27.0. The zero-order valence-corrected chi connectivity index (χ0v) is 16.4. The molecule has 0 atom stereocenters. The Balaban J connectivity index is 1.48. The fourth-order valence-corrected chi connectivity index (χ4v) is 3.55. The van der Waals surface area contributed by atoms with Gasteiger partial charge in [0.25, 0.3) is 11.5 Å². The van der Waals surface area contributed by atoms with Crippen LogP contribution in [0.25, 0.3) is 22.0 Å². The number of benzene rings is 2. The molecule has 1 aliphatic heterocycles. The molecule has 1 amide bonds. The number of amides is 1. The molecule has 2 aromatic carbocycles. The van der Waals surface area contributed by atoms with Gasteiger partial charge in [-0.25, -0.2) is 4.68 Å². The zero-order valence-electron chi connectivity index (χ0n) is 16.4. The number of hydrogen-bond acceptors (Lipinski definition) is 5. The van der Waals surface area contributed by atoms with Crippen LogP contribution in [0.4, 0.5) is 0 Å². The summed E-state index contributed by atoms with van der Waals surface area (Å²) in [5.74, 6) is -0.0944. The van der Waals surface area contributed by atoms with Crippen LogP contribution in [0.1, 0.15) is 10.4 Å². The average Bonchev–Trinajstić information content (AvgIpc) is 2.77. The molecule has 1 fully saturated rings. The number of carbonyl (C=O) groups excluding carboxylic acids is 1. The molecule has 7 heteroatoms. The number of carbonyl (C=O) groups is 1. The van der Waals surface area contributed by atoms with Crippen LogP contribution in [0.15, 0.2) is 53.3 Å². The van der Waals surface area contributed by atoms with E-state index in [-0.39, 0.29) is 11.5 Å². The van der Waals surface area contributed by atoms with Gasteiger partial charge in [0.15, 0.2) is 0 Å². The molecule has 4 rings (SSSR count). The van der Waals surface area contributed by atoms with Crippen molar-refractivity contribution >= 4 is 16.7 Å². The molecule has 29 heavy (non-hydrogen) atoms. The fraction of sp³-hybridized carbons (Fsp3) is 0.318. The highest BCUT2D eigenvalue weighted by molar-refractivity contribution is 5.96. The van der Waals surface area contributed by atoms with Gasteiger partial charge >= 0.3 is 0 Å². The minimum Gasteiger partial charge on any atom is -0.379 e. The smallest absolute Gasteiger partial charge is 0.274 e. The number of ether oxygens (including phenoxy) is 1. The molecule has 0 saturated carbocycles. The molecule has 1 N–H and O–H groups in total. The van der Waals surface area contributed by atoms with Crippen molar-refractivity contribution in [3.05, 3.63) is 64.4 Å². The van der Waals surface area contributed by atoms with Crippen LogP contribution < -0.4 is 10.9 Å². The zero-order chi connectivity index (χ0) is 20.2. The van der Waals surface area contributed by atoms with E-state index in [2.05, 4.69) is 15.3 Å². The first-order chi connectivity index (χ1) is 14.1. The van der Waals surface area contributed by atoms with Gasteiger partial charge in [-0.05, 0) is 18.2 Å². The van der Waals surface area contributed by atoms with E-state index in [1.165, 1.54) is 4.68 Å². The van der Waals surface area contributed by atoms with Crippen LogP contribution in [0.2, 0.25) is 0 Å². The summed E-state index contributed by atoms with van der Waals surface area (Å²) >= 11 is 0. The molecule has 2 heterocycles. The number of morpholine rings is 1. The second kappa shape index (κ2) is 8.55. The molecule has 0 radical (unpaired) electrons. The molecule has 0 bridgehead atoms. The van der Waals surface area contributed by atoms with Gasteiger partial charge in [-0.1, -0.05) is 30.3 Å². The third-order valence-electron chi connectivity index (χ3n) is 5.19. The molecule has 0 aliphatic carbocycles. The molecule has 0 spiro atoms. The monoisotopic (exact) mass is 392 g/mol. The fourth-order valence-electron chi connectivity index (χ4n) is 3.55. The van der Waals surface area contributed by atoms with Gasteiger partial charge in [0.2, 0.25) is 0 Å². The summed E-state index contributed by atoms with van der Waals surface area (Å²) in [5, 5.41) is 8.84. The number of nitrogens with zero attached hydrogens (tertiary/aromatic N) is 3. The number of nitrogens with one attached hydrogen (secondary N) is 1. The average molecular weight is 392 g/mol. The number of fused-ring (bicyclic) bond motifs is 1. The van der Waals surface area contributed by atoms with Gasteiger partial charge in [-0.2, -0.15) is 5.10 Å². The maximum absolute atomic E-state index is 12.4. The first kappa shape index (κ1) is 19.3. The molecule has 150 valence electrons. The Hall–Kier alpha value is -3.03. The molecule has 0 unspecified atom stereocenters. The lowest BCUT2D eigenvalue weighted by atomic mass is 10.0. The van der Waals surface area contributed by atoms with E-state index in [9.17, 15) is 9.59 Å². The SMILES string of the molecule is Cn1nc(-c2ccc(C(=O)NCCN3CCOCC3)cc2)c2ccccc2c1=O. The van der Waals surface area contributed by atoms with E-state index in [1.54, 1.807) is 25.2 Å². The minimum atomic E-state index is -0.124. The van der Waals surface area contributed by atoms with Crippen molar-refractivity contribution in [2.45, 2.75) is 0 Å². The Bertz CT molecular complexity index is 1070. The van der Waals surface area contributed by atoms with Crippen LogP contribution in [0.3, 0.4) is 0 Å². The topological polar surface area (TPSA) is 76.5 Å². The first-order valence-corrected chi connectivity index (χ1v) is 9.78. The lowest BCUT2D eigenvalue weighted by molar-refractivity contribution is 0.0383. The van der Waals surface area contributed by atoms with Crippen LogP contribution >= 0.6 is 0 Å². The lowest BCUT2D eigenvalue weighted by Gasteiger charge is -2.26. The maximum Gasteiger partial charge on any atom is 0.274 e. The van der Waals surface area contributed by atoms with Crippen molar-refractivity contribution in [2.24, 2.45) is 7.05 Å². The van der Waals surface area contributed by atoms with Gasteiger partial charge in [-0.15, -0.1) is 0 Å². The van der Waals surface area contributed by atoms with Crippen LogP contribution in [0, 0.1) is 0 Å². The van der Waals surface area contributed by atoms with E-state index in [4.69, 9.17) is 4.74 Å². The minimum absolute atomic E-state index is 0.0944. The Morgan fingerprint density at radius 2 is 1.76 bits per heavy atom. The number of rotatable bonds is 5. The van der Waals surface area contributed by atoms with E-state index < -0.39 is 0 Å². The second-order valence-corrected chi connectivity index (χ2v) is 7.11. The Labute approximate surface area is 168 Å². The third kappa shape index (κ3) is 4.21. The van der Waals surface area contributed by atoms with E-state index in [0.717, 1.165) is 49.5 Å². The van der Waals surface area contributed by atoms with E-state index in [1.807, 2.05) is 30.3 Å². The van der Waals surface area contributed by atoms with E-state index in [0.29, 0.717) is 17.5 Å². The molecular weight excluding hydrogens is 368 g/mol. The normalized spacial score (nSPS) is 14.8. The van der Waals surface area contributed by atoms with Gasteiger partial charge in [0, 0.05) is 49.7 Å². The summed E-state index contributed by atoms with van der Waals surface area (Å²) in [7, 11) is 1.65. The lowest BCUT2D eigenvalue weighted by Crippen LogP contribution is -2.41. The van der Waals surface area contributed by atoms with Crippen molar-refractivity contribution in [3.63, 3.8) is 0 Å². The van der Waals surface area contributed by atoms with Crippen molar-refractivity contribution in [1.82, 2.24) is 20.0 Å². The summed E-state index contributed by atoms with van der Waals surface area (Å²) in [6.07, 6.45) is 0. The van der Waals surface area contributed by atoms with Crippen molar-refractivity contribution in [1.29, 1.82) is 0 Å². The van der Waals surface area contributed by atoms with Crippen LogP contribution in [-0.4, -0.2) is 60.0 Å². The summed E-state index contributed by atoms with van der Waals surface area (Å²) in [6.45, 7) is 4.75. The Morgan fingerprint density at radius 3 is 2.48 bits per heavy atom. The van der Waals surface area contributed by atoms with Gasteiger partial charge in [-0.3, -0.25) is 14.5 Å². The number of aryl methyl sites for hydroxylation is 1. The molecule has 3 aromatic rings. The van der Waals surface area contributed by atoms with Gasteiger partial charge in [0.05, 0.1) is 24.3 Å². The number of hydrogen-bond donors (Lipinski definition) is 1. The maximum atomic E-state index is 12.4. The highest BCUT2D eigenvalue weighted by atomic mass is 16.5. The summed E-state index contributed by atoms with van der Waals surface area (Å²) in [5.41, 5.74) is 2.06. The van der Waals surface area contributed by atoms with Crippen LogP contribution in [0.5, 0.6) is 0 Å². The predicted molar refractivity (Wildman–Crippen MR) is 112 cm³/mol. The molecule has 7 nitrogen and oxygen atoms in total. The standard InChI is InChI=1S/C22H24N4O3/c1-25-22(28)19-5-3-2-4-18(19)20(24-25)16-6-8-17(9-7-16)21(27)23-10-11-26-12-14-29-15-13-26/h2-9H,10-15H2,1H3,(H,23,27). The second-order valence-electron chi connectivity index (χ2n) is 7.11. The van der Waals surface area contributed by atoms with Crippen molar-refractivity contribution < 1.29 is 9.53 Å². The molecular formula is C22H24N4O3. The highest BCUT2D eigenvalue weighted by Gasteiger charge is 2.13. The summed E-state index contributed by atoms with van der Waals surface area (Å²) < 4.78 is 6.68. The quantitative estimate of drug-likeness (QED) is 0.715. The largest absolute Gasteiger partial charge is 0.379 e. The number of aromatic nitrogens is 2. The van der Waals surface area contributed by atoms with Crippen molar-refractivity contribution in [2.75, 3.05) is 39.4 Å². The van der Waals surface area contributed by atoms with Crippen LogP contribution in [-0.2, 0) is 11.8 Å². The Morgan fingerprint density at radius 1 is 1.07 bits per heavy atom. The predicted octanol–water partition coefficient (Wildman–Crippen LogP) is 1.66. The highest BCUT2D eigenvalue weighted by Crippen LogP contribution is 2.24. The molecule has 1 saturated heterocycles. The third-order valence-corrected chi connectivity index (χ3v) is 5.19. The van der Waals surface area contributed by atoms with E-state index >= 15 is 0 Å². The molecule has 1 aromatic heterocycles.